The minimum atomic E-state index is -3.67. The lowest BCUT2D eigenvalue weighted by Gasteiger charge is -2.26. The van der Waals surface area contributed by atoms with Crippen molar-refractivity contribution in [2.75, 3.05) is 19.7 Å². The van der Waals surface area contributed by atoms with E-state index >= 15 is 0 Å². The Hall–Kier alpha value is -2.42. The number of hydrogen-bond acceptors (Lipinski definition) is 5. The summed E-state index contributed by atoms with van der Waals surface area (Å²) in [6, 6.07) is 11.4. The van der Waals surface area contributed by atoms with Gasteiger partial charge >= 0.3 is 5.97 Å². The molecule has 1 heterocycles. The molecule has 2 aromatic carbocycles. The number of carbonyl (C=O) groups excluding carboxylic acids is 2. The highest BCUT2D eigenvalue weighted by Gasteiger charge is 2.27. The minimum absolute atomic E-state index is 0.0548. The third kappa shape index (κ3) is 6.06. The van der Waals surface area contributed by atoms with Gasteiger partial charge in [0.25, 0.3) is 5.91 Å². The van der Waals surface area contributed by atoms with E-state index in [1.807, 2.05) is 0 Å². The first-order valence-electron chi connectivity index (χ1n) is 10.1. The Morgan fingerprint density at radius 3 is 2.42 bits per heavy atom. The summed E-state index contributed by atoms with van der Waals surface area (Å²) >= 11 is 5.83. The summed E-state index contributed by atoms with van der Waals surface area (Å²) < 4.78 is 32.3. The van der Waals surface area contributed by atoms with E-state index in [-0.39, 0.29) is 17.0 Å². The van der Waals surface area contributed by atoms with Crippen molar-refractivity contribution in [3.05, 3.63) is 64.2 Å². The fourth-order valence-electron chi connectivity index (χ4n) is 3.30. The number of amides is 1. The van der Waals surface area contributed by atoms with Gasteiger partial charge in [-0.1, -0.05) is 36.2 Å². The predicted octanol–water partition coefficient (Wildman–Crippen LogP) is 3.30. The first kappa shape index (κ1) is 23.2. The summed E-state index contributed by atoms with van der Waals surface area (Å²) in [5, 5.41) is 3.26. The highest BCUT2D eigenvalue weighted by Crippen LogP contribution is 2.23. The number of ether oxygens (including phenoxy) is 1. The molecule has 0 radical (unpaired) electrons. The van der Waals surface area contributed by atoms with Gasteiger partial charge in [0.1, 0.15) is 0 Å². The van der Waals surface area contributed by atoms with Gasteiger partial charge in [-0.05, 0) is 55.2 Å². The molecule has 1 aliphatic rings. The second-order valence-corrected chi connectivity index (χ2v) is 9.80. The Morgan fingerprint density at radius 2 is 1.74 bits per heavy atom. The van der Waals surface area contributed by atoms with E-state index in [2.05, 4.69) is 5.32 Å². The van der Waals surface area contributed by atoms with Crippen LogP contribution in [0.5, 0.6) is 0 Å². The minimum Gasteiger partial charge on any atom is -0.452 e. The van der Waals surface area contributed by atoms with E-state index in [1.54, 1.807) is 37.3 Å². The number of nitrogens with one attached hydrogen (secondary N) is 1. The molecule has 1 saturated heterocycles. The molecular weight excluding hydrogens is 440 g/mol. The first-order chi connectivity index (χ1) is 14.8. The van der Waals surface area contributed by atoms with Crippen LogP contribution in [0.1, 0.15) is 40.7 Å². The van der Waals surface area contributed by atoms with E-state index in [9.17, 15) is 18.0 Å². The number of carbonyl (C=O) groups is 2. The van der Waals surface area contributed by atoms with Crippen molar-refractivity contribution >= 4 is 33.5 Å². The van der Waals surface area contributed by atoms with Crippen molar-refractivity contribution in [3.63, 3.8) is 0 Å². The lowest BCUT2D eigenvalue weighted by atomic mass is 10.1. The van der Waals surface area contributed by atoms with Crippen LogP contribution < -0.4 is 5.32 Å². The third-order valence-electron chi connectivity index (χ3n) is 5.12. The molecule has 0 spiro atoms. The highest BCUT2D eigenvalue weighted by atomic mass is 35.5. The second kappa shape index (κ2) is 10.3. The fourth-order valence-corrected chi connectivity index (χ4v) is 4.97. The molecule has 7 nitrogen and oxygen atoms in total. The van der Waals surface area contributed by atoms with Crippen LogP contribution in [0.2, 0.25) is 5.02 Å². The van der Waals surface area contributed by atoms with Crippen LogP contribution in [0.15, 0.2) is 47.4 Å². The van der Waals surface area contributed by atoms with Crippen molar-refractivity contribution in [3.8, 4) is 0 Å². The number of halogens is 1. The largest absolute Gasteiger partial charge is 0.452 e. The number of nitrogens with zero attached hydrogens (tertiary/aromatic N) is 1. The van der Waals surface area contributed by atoms with E-state index in [0.717, 1.165) is 24.8 Å². The maximum Gasteiger partial charge on any atom is 0.338 e. The third-order valence-corrected chi connectivity index (χ3v) is 7.27. The Bertz CT molecular complexity index is 1050. The summed E-state index contributed by atoms with van der Waals surface area (Å²) in [7, 11) is -3.67. The summed E-state index contributed by atoms with van der Waals surface area (Å²) in [5.74, 6) is -1.20. The van der Waals surface area contributed by atoms with Crippen LogP contribution in [0.25, 0.3) is 0 Å². The molecule has 0 aromatic heterocycles. The molecule has 1 fully saturated rings. The molecule has 0 aliphatic carbocycles. The monoisotopic (exact) mass is 464 g/mol. The van der Waals surface area contributed by atoms with Gasteiger partial charge < -0.3 is 10.1 Å². The summed E-state index contributed by atoms with van der Waals surface area (Å²) in [5.41, 5.74) is 1.56. The summed E-state index contributed by atoms with van der Waals surface area (Å²) in [6.07, 6.45) is 2.66. The highest BCUT2D eigenvalue weighted by molar-refractivity contribution is 7.89. The number of piperidine rings is 1. The molecular formula is C22H25ClN2O5S. The molecule has 0 saturated carbocycles. The molecule has 1 N–H and O–H groups in total. The van der Waals surface area contributed by atoms with Crippen molar-refractivity contribution in [1.82, 2.24) is 9.62 Å². The van der Waals surface area contributed by atoms with Crippen molar-refractivity contribution in [2.45, 2.75) is 37.6 Å². The second-order valence-electron chi connectivity index (χ2n) is 7.42. The number of benzene rings is 2. The summed E-state index contributed by atoms with van der Waals surface area (Å²) in [4.78, 5) is 24.6. The normalized spacial score (nSPS) is 14.8. The van der Waals surface area contributed by atoms with Crippen LogP contribution >= 0.6 is 11.6 Å². The van der Waals surface area contributed by atoms with E-state index in [1.165, 1.54) is 16.4 Å². The van der Waals surface area contributed by atoms with Crippen LogP contribution in [0, 0.1) is 6.92 Å². The zero-order valence-corrected chi connectivity index (χ0v) is 18.8. The molecule has 31 heavy (non-hydrogen) atoms. The van der Waals surface area contributed by atoms with Gasteiger partial charge in [0.05, 0.1) is 10.5 Å². The SMILES string of the molecule is Cc1ccc(S(=O)(=O)N2CCCCC2)cc1C(=O)OCC(=O)NCc1ccc(Cl)cc1. The van der Waals surface area contributed by atoms with Crippen molar-refractivity contribution in [1.29, 1.82) is 0 Å². The average molecular weight is 465 g/mol. The smallest absolute Gasteiger partial charge is 0.338 e. The van der Waals surface area contributed by atoms with E-state index in [4.69, 9.17) is 16.3 Å². The van der Waals surface area contributed by atoms with Gasteiger partial charge in [0.15, 0.2) is 6.61 Å². The lowest BCUT2D eigenvalue weighted by molar-refractivity contribution is -0.124. The molecule has 9 heteroatoms. The maximum absolute atomic E-state index is 12.9. The predicted molar refractivity (Wildman–Crippen MR) is 117 cm³/mol. The Balaban J connectivity index is 1.61. The lowest BCUT2D eigenvalue weighted by Crippen LogP contribution is -2.35. The van der Waals surface area contributed by atoms with Gasteiger partial charge in [0, 0.05) is 24.7 Å². The molecule has 3 rings (SSSR count). The average Bonchev–Trinajstić information content (AvgIpc) is 2.78. The Morgan fingerprint density at radius 1 is 1.06 bits per heavy atom. The Labute approximate surface area is 187 Å². The quantitative estimate of drug-likeness (QED) is 0.634. The van der Waals surface area contributed by atoms with Gasteiger partial charge in [-0.15, -0.1) is 0 Å². The van der Waals surface area contributed by atoms with Crippen LogP contribution in [0.3, 0.4) is 0 Å². The number of hydrogen-bond donors (Lipinski definition) is 1. The van der Waals surface area contributed by atoms with Crippen LogP contribution in [-0.4, -0.2) is 44.3 Å². The summed E-state index contributed by atoms with van der Waals surface area (Å²) in [6.45, 7) is 2.45. The molecule has 1 amide bonds. The van der Waals surface area contributed by atoms with Gasteiger partial charge in [0.2, 0.25) is 10.0 Å². The molecule has 0 atom stereocenters. The molecule has 0 unspecified atom stereocenters. The molecule has 2 aromatic rings. The topological polar surface area (TPSA) is 92.8 Å². The fraction of sp³-hybridized carbons (Fsp3) is 0.364. The van der Waals surface area contributed by atoms with Gasteiger partial charge in [-0.2, -0.15) is 4.31 Å². The molecule has 1 aliphatic heterocycles. The maximum atomic E-state index is 12.9. The molecule has 0 bridgehead atoms. The standard InChI is InChI=1S/C22H25ClN2O5S/c1-16-5-10-19(31(28,29)25-11-3-2-4-12-25)13-20(16)22(27)30-15-21(26)24-14-17-6-8-18(23)9-7-17/h5-10,13H,2-4,11-12,14-15H2,1H3,(H,24,26). The van der Waals surface area contributed by atoms with Crippen LogP contribution in [-0.2, 0) is 26.1 Å². The number of esters is 1. The van der Waals surface area contributed by atoms with Crippen LogP contribution in [0.4, 0.5) is 0 Å². The Kier molecular flexibility index (Phi) is 7.69. The van der Waals surface area contributed by atoms with E-state index < -0.39 is 28.5 Å². The number of sulfonamides is 1. The van der Waals surface area contributed by atoms with Crippen molar-refractivity contribution < 1.29 is 22.7 Å². The van der Waals surface area contributed by atoms with Gasteiger partial charge in [-0.25, -0.2) is 13.2 Å². The zero-order valence-electron chi connectivity index (χ0n) is 17.3. The van der Waals surface area contributed by atoms with Gasteiger partial charge in [-0.3, -0.25) is 4.79 Å². The zero-order chi connectivity index (χ0) is 22.4. The van der Waals surface area contributed by atoms with Crippen molar-refractivity contribution in [2.24, 2.45) is 0 Å². The molecule has 166 valence electrons. The van der Waals surface area contributed by atoms with E-state index in [0.29, 0.717) is 23.7 Å². The first-order valence-corrected chi connectivity index (χ1v) is 11.9. The number of aryl methyl sites for hydroxylation is 1. The number of rotatable bonds is 7.